The molecule has 0 saturated carbocycles. The lowest BCUT2D eigenvalue weighted by Crippen LogP contribution is -2.51. The van der Waals surface area contributed by atoms with E-state index in [1.54, 1.807) is 24.3 Å². The molecule has 3 atom stereocenters. The molecule has 1 N–H and O–H groups in total. The molecule has 0 aliphatic carbocycles. The Morgan fingerprint density at radius 2 is 1.73 bits per heavy atom. The van der Waals surface area contributed by atoms with E-state index in [0.29, 0.717) is 11.3 Å². The third-order valence-electron chi connectivity index (χ3n) is 3.86. The van der Waals surface area contributed by atoms with Crippen LogP contribution in [0.2, 0.25) is 0 Å². The van der Waals surface area contributed by atoms with Crippen LogP contribution in [0.25, 0.3) is 0 Å². The quantitative estimate of drug-likeness (QED) is 0.867. The molecule has 120 valence electrons. The molecular formula is C17H24N2O3. The minimum Gasteiger partial charge on any atom is -0.373 e. The van der Waals surface area contributed by atoms with Gasteiger partial charge in [0.15, 0.2) is 5.78 Å². The fourth-order valence-corrected chi connectivity index (χ4v) is 2.86. The number of Topliss-reactive ketones (excluding diaryl/α,β-unsaturated/α-hetero) is 1. The maximum absolute atomic E-state index is 12.6. The van der Waals surface area contributed by atoms with Crippen LogP contribution in [0.1, 0.15) is 38.1 Å². The van der Waals surface area contributed by atoms with Gasteiger partial charge >= 0.3 is 0 Å². The number of carbonyl (C=O) groups excluding carboxylic acids is 2. The minimum atomic E-state index is -0.180. The Morgan fingerprint density at radius 3 is 2.23 bits per heavy atom. The molecule has 1 aromatic rings. The number of morpholine rings is 1. The summed E-state index contributed by atoms with van der Waals surface area (Å²) in [4.78, 5) is 25.8. The van der Waals surface area contributed by atoms with E-state index in [2.05, 4.69) is 10.2 Å². The van der Waals surface area contributed by atoms with Crippen molar-refractivity contribution in [1.82, 2.24) is 4.90 Å². The molecule has 1 fully saturated rings. The van der Waals surface area contributed by atoms with Gasteiger partial charge in [0.2, 0.25) is 5.91 Å². The van der Waals surface area contributed by atoms with Crippen molar-refractivity contribution < 1.29 is 14.3 Å². The zero-order valence-corrected chi connectivity index (χ0v) is 13.6. The van der Waals surface area contributed by atoms with Crippen molar-refractivity contribution in [3.8, 4) is 0 Å². The van der Waals surface area contributed by atoms with Crippen LogP contribution >= 0.6 is 0 Å². The fraction of sp³-hybridized carbons (Fsp3) is 0.529. The monoisotopic (exact) mass is 304 g/mol. The average Bonchev–Trinajstić information content (AvgIpc) is 2.45. The first-order valence-electron chi connectivity index (χ1n) is 7.68. The summed E-state index contributed by atoms with van der Waals surface area (Å²) in [6.45, 7) is 8.99. The summed E-state index contributed by atoms with van der Waals surface area (Å²) < 4.78 is 5.71. The van der Waals surface area contributed by atoms with Crippen LogP contribution in [0.4, 0.5) is 5.69 Å². The second-order valence-electron chi connectivity index (χ2n) is 6.01. The Hall–Kier alpha value is -1.72. The fourth-order valence-electron chi connectivity index (χ4n) is 2.86. The number of carbonyl (C=O) groups is 2. The SMILES string of the molecule is CC(=O)Nc1ccc(C(=O)[C@@H](C)N2C[C@@H](C)O[C@@H](C)C2)cc1. The largest absolute Gasteiger partial charge is 0.373 e. The Balaban J connectivity index is 2.05. The van der Waals surface area contributed by atoms with Gasteiger partial charge in [-0.2, -0.15) is 0 Å². The van der Waals surface area contributed by atoms with Gasteiger partial charge in [-0.05, 0) is 45.0 Å². The number of nitrogens with zero attached hydrogens (tertiary/aromatic N) is 1. The van der Waals surface area contributed by atoms with E-state index in [4.69, 9.17) is 4.74 Å². The zero-order chi connectivity index (χ0) is 16.3. The van der Waals surface area contributed by atoms with Crippen LogP contribution in [0.3, 0.4) is 0 Å². The molecule has 0 unspecified atom stereocenters. The van der Waals surface area contributed by atoms with Crippen LogP contribution in [0.5, 0.6) is 0 Å². The molecule has 1 aliphatic rings. The van der Waals surface area contributed by atoms with Gasteiger partial charge in [0.05, 0.1) is 18.2 Å². The van der Waals surface area contributed by atoms with Gasteiger partial charge in [0.25, 0.3) is 0 Å². The maximum Gasteiger partial charge on any atom is 0.221 e. The first-order chi connectivity index (χ1) is 10.4. The van der Waals surface area contributed by atoms with Crippen molar-refractivity contribution in [3.05, 3.63) is 29.8 Å². The molecule has 0 radical (unpaired) electrons. The molecule has 1 heterocycles. The van der Waals surface area contributed by atoms with Crippen LogP contribution in [-0.4, -0.2) is 47.9 Å². The zero-order valence-electron chi connectivity index (χ0n) is 13.6. The summed E-state index contributed by atoms with van der Waals surface area (Å²) in [6, 6.07) is 6.85. The van der Waals surface area contributed by atoms with Crippen molar-refractivity contribution >= 4 is 17.4 Å². The maximum atomic E-state index is 12.6. The predicted octanol–water partition coefficient (Wildman–Crippen LogP) is 2.33. The second-order valence-corrected chi connectivity index (χ2v) is 6.01. The highest BCUT2D eigenvalue weighted by Crippen LogP contribution is 2.18. The number of hydrogen-bond acceptors (Lipinski definition) is 4. The van der Waals surface area contributed by atoms with Crippen molar-refractivity contribution in [2.75, 3.05) is 18.4 Å². The molecule has 2 rings (SSSR count). The molecular weight excluding hydrogens is 280 g/mol. The predicted molar refractivity (Wildman–Crippen MR) is 86.1 cm³/mol. The molecule has 22 heavy (non-hydrogen) atoms. The van der Waals surface area contributed by atoms with Crippen molar-refractivity contribution in [2.24, 2.45) is 0 Å². The van der Waals surface area contributed by atoms with E-state index < -0.39 is 0 Å². The highest BCUT2D eigenvalue weighted by Gasteiger charge is 2.29. The van der Waals surface area contributed by atoms with Gasteiger partial charge in [-0.1, -0.05) is 0 Å². The highest BCUT2D eigenvalue weighted by atomic mass is 16.5. The first kappa shape index (κ1) is 16.6. The van der Waals surface area contributed by atoms with Gasteiger partial charge in [0, 0.05) is 31.3 Å². The summed E-state index contributed by atoms with van der Waals surface area (Å²) >= 11 is 0. The van der Waals surface area contributed by atoms with Crippen LogP contribution in [0, 0.1) is 0 Å². The summed E-state index contributed by atoms with van der Waals surface area (Å²) in [7, 11) is 0. The van der Waals surface area contributed by atoms with Crippen LogP contribution < -0.4 is 5.32 Å². The number of ketones is 1. The van der Waals surface area contributed by atoms with E-state index in [-0.39, 0.29) is 29.9 Å². The molecule has 1 amide bonds. The Morgan fingerprint density at radius 1 is 1.18 bits per heavy atom. The highest BCUT2D eigenvalue weighted by molar-refractivity contribution is 6.00. The normalized spacial score (nSPS) is 23.8. The number of benzene rings is 1. The second kappa shape index (κ2) is 7.03. The molecule has 0 spiro atoms. The molecule has 0 bridgehead atoms. The van der Waals surface area contributed by atoms with E-state index in [9.17, 15) is 9.59 Å². The molecule has 0 aromatic heterocycles. The van der Waals surface area contributed by atoms with E-state index in [1.807, 2.05) is 20.8 Å². The number of amides is 1. The first-order valence-corrected chi connectivity index (χ1v) is 7.68. The summed E-state index contributed by atoms with van der Waals surface area (Å²) in [5.41, 5.74) is 1.36. The number of anilines is 1. The van der Waals surface area contributed by atoms with E-state index in [0.717, 1.165) is 13.1 Å². The molecule has 1 saturated heterocycles. The topological polar surface area (TPSA) is 58.6 Å². The Kier molecular flexibility index (Phi) is 5.32. The summed E-state index contributed by atoms with van der Waals surface area (Å²) in [6.07, 6.45) is 0.280. The van der Waals surface area contributed by atoms with Crippen molar-refractivity contribution in [3.63, 3.8) is 0 Å². The number of hydrogen-bond donors (Lipinski definition) is 1. The number of rotatable bonds is 4. The summed E-state index contributed by atoms with van der Waals surface area (Å²) in [5, 5.41) is 2.70. The van der Waals surface area contributed by atoms with E-state index in [1.165, 1.54) is 6.92 Å². The molecule has 5 nitrogen and oxygen atoms in total. The lowest BCUT2D eigenvalue weighted by Gasteiger charge is -2.38. The minimum absolute atomic E-state index is 0.0932. The lowest BCUT2D eigenvalue weighted by molar-refractivity contribution is -0.114. The molecule has 1 aromatic carbocycles. The van der Waals surface area contributed by atoms with Gasteiger partial charge in [-0.3, -0.25) is 14.5 Å². The summed E-state index contributed by atoms with van der Waals surface area (Å²) in [5.74, 6) is -0.0283. The van der Waals surface area contributed by atoms with Crippen LogP contribution in [-0.2, 0) is 9.53 Å². The van der Waals surface area contributed by atoms with Gasteiger partial charge in [0.1, 0.15) is 0 Å². The van der Waals surface area contributed by atoms with E-state index >= 15 is 0 Å². The third kappa shape index (κ3) is 4.15. The van der Waals surface area contributed by atoms with Crippen LogP contribution in [0.15, 0.2) is 24.3 Å². The molecule has 1 aliphatic heterocycles. The average molecular weight is 304 g/mol. The van der Waals surface area contributed by atoms with Crippen molar-refractivity contribution in [1.29, 1.82) is 0 Å². The van der Waals surface area contributed by atoms with Gasteiger partial charge in [-0.25, -0.2) is 0 Å². The Labute approximate surface area is 131 Å². The van der Waals surface area contributed by atoms with Gasteiger partial charge < -0.3 is 10.1 Å². The Bertz CT molecular complexity index is 531. The molecule has 5 heteroatoms. The number of ether oxygens (including phenoxy) is 1. The smallest absolute Gasteiger partial charge is 0.221 e. The van der Waals surface area contributed by atoms with Gasteiger partial charge in [-0.15, -0.1) is 0 Å². The lowest BCUT2D eigenvalue weighted by atomic mass is 10.0. The number of nitrogens with one attached hydrogen (secondary N) is 1. The van der Waals surface area contributed by atoms with Crippen molar-refractivity contribution in [2.45, 2.75) is 45.9 Å². The third-order valence-corrected chi connectivity index (χ3v) is 3.86. The standard InChI is InChI=1S/C17H24N2O3/c1-11-9-19(10-12(2)22-11)13(3)17(21)15-5-7-16(8-6-15)18-14(4)20/h5-8,11-13H,9-10H2,1-4H3,(H,18,20)/t11-,12+,13-/m1/s1.